The zero-order valence-electron chi connectivity index (χ0n) is 16.8. The first-order chi connectivity index (χ1) is 13.8. The highest BCUT2D eigenvalue weighted by atomic mass is 16.4. The SMILES string of the molecule is Cc1ccc(-c2cc(C(=O)N3CCC(C(=O)O)C3)c3cnn(C(C)C)c3n2)cc1. The van der Waals surface area contributed by atoms with Crippen molar-refractivity contribution in [3.8, 4) is 11.3 Å². The number of aryl methyl sites for hydroxylation is 1. The molecule has 3 aromatic rings. The highest BCUT2D eigenvalue weighted by Gasteiger charge is 2.32. The third-order valence-corrected chi connectivity index (χ3v) is 5.46. The number of fused-ring (bicyclic) bond motifs is 1. The number of benzene rings is 1. The summed E-state index contributed by atoms with van der Waals surface area (Å²) in [5, 5.41) is 14.4. The average molecular weight is 392 g/mol. The van der Waals surface area contributed by atoms with E-state index in [2.05, 4.69) is 5.10 Å². The van der Waals surface area contributed by atoms with Crippen LogP contribution in [0.2, 0.25) is 0 Å². The Morgan fingerprint density at radius 3 is 2.55 bits per heavy atom. The van der Waals surface area contributed by atoms with Crippen LogP contribution in [0.3, 0.4) is 0 Å². The highest BCUT2D eigenvalue weighted by Crippen LogP contribution is 2.29. The summed E-state index contributed by atoms with van der Waals surface area (Å²) in [6.45, 7) is 6.74. The first-order valence-corrected chi connectivity index (χ1v) is 9.82. The van der Waals surface area contributed by atoms with Gasteiger partial charge >= 0.3 is 5.97 Å². The quantitative estimate of drug-likeness (QED) is 0.734. The van der Waals surface area contributed by atoms with Crippen LogP contribution in [0, 0.1) is 12.8 Å². The van der Waals surface area contributed by atoms with Gasteiger partial charge in [0.15, 0.2) is 5.65 Å². The Bertz CT molecular complexity index is 1090. The number of carbonyl (C=O) groups is 2. The van der Waals surface area contributed by atoms with Crippen LogP contribution >= 0.6 is 0 Å². The van der Waals surface area contributed by atoms with Crippen molar-refractivity contribution in [1.82, 2.24) is 19.7 Å². The smallest absolute Gasteiger partial charge is 0.308 e. The molecule has 0 spiro atoms. The molecular formula is C22H24N4O3. The maximum Gasteiger partial charge on any atom is 0.308 e. The van der Waals surface area contributed by atoms with Crippen LogP contribution in [-0.2, 0) is 4.79 Å². The second-order valence-electron chi connectivity index (χ2n) is 7.92. The number of aliphatic carboxylic acids is 1. The summed E-state index contributed by atoms with van der Waals surface area (Å²) in [6, 6.07) is 9.91. The Morgan fingerprint density at radius 2 is 1.93 bits per heavy atom. The minimum absolute atomic E-state index is 0.0967. The van der Waals surface area contributed by atoms with Crippen molar-refractivity contribution >= 4 is 22.9 Å². The summed E-state index contributed by atoms with van der Waals surface area (Å²) in [5.41, 5.74) is 3.96. The van der Waals surface area contributed by atoms with E-state index in [0.717, 1.165) is 11.1 Å². The van der Waals surface area contributed by atoms with Gasteiger partial charge in [-0.05, 0) is 33.3 Å². The molecule has 1 atom stereocenters. The molecule has 4 rings (SSSR count). The number of carboxylic acid groups (broad SMARTS) is 1. The number of hydrogen-bond acceptors (Lipinski definition) is 4. The number of amides is 1. The Balaban J connectivity index is 1.83. The normalized spacial score (nSPS) is 16.7. The molecule has 29 heavy (non-hydrogen) atoms. The molecule has 1 fully saturated rings. The monoisotopic (exact) mass is 392 g/mol. The van der Waals surface area contributed by atoms with Gasteiger partial charge in [-0.15, -0.1) is 0 Å². The van der Waals surface area contributed by atoms with E-state index in [4.69, 9.17) is 4.98 Å². The summed E-state index contributed by atoms with van der Waals surface area (Å²) in [6.07, 6.45) is 2.16. The van der Waals surface area contributed by atoms with Gasteiger partial charge in [0, 0.05) is 24.7 Å². The Hall–Kier alpha value is -3.22. The molecular weight excluding hydrogens is 368 g/mol. The fourth-order valence-corrected chi connectivity index (χ4v) is 3.76. The van der Waals surface area contributed by atoms with Crippen molar-refractivity contribution in [2.45, 2.75) is 33.2 Å². The molecule has 0 aliphatic carbocycles. The maximum absolute atomic E-state index is 13.3. The molecule has 3 heterocycles. The van der Waals surface area contributed by atoms with Gasteiger partial charge in [0.1, 0.15) is 0 Å². The van der Waals surface area contributed by atoms with E-state index >= 15 is 0 Å². The van der Waals surface area contributed by atoms with Crippen LogP contribution in [0.4, 0.5) is 0 Å². The Kier molecular flexibility index (Phi) is 4.82. The molecule has 7 nitrogen and oxygen atoms in total. The predicted octanol–water partition coefficient (Wildman–Crippen LogP) is 3.53. The second-order valence-corrected chi connectivity index (χ2v) is 7.92. The lowest BCUT2D eigenvalue weighted by atomic mass is 10.0. The fourth-order valence-electron chi connectivity index (χ4n) is 3.76. The molecule has 1 N–H and O–H groups in total. The van der Waals surface area contributed by atoms with Crippen LogP contribution in [0.1, 0.15) is 42.2 Å². The molecule has 0 bridgehead atoms. The first-order valence-electron chi connectivity index (χ1n) is 9.82. The molecule has 150 valence electrons. The Morgan fingerprint density at radius 1 is 1.21 bits per heavy atom. The molecule has 0 saturated carbocycles. The van der Waals surface area contributed by atoms with Gasteiger partial charge in [-0.3, -0.25) is 9.59 Å². The van der Waals surface area contributed by atoms with Crippen LogP contribution in [-0.4, -0.2) is 49.7 Å². The minimum atomic E-state index is -0.854. The van der Waals surface area contributed by atoms with E-state index in [1.165, 1.54) is 0 Å². The number of rotatable bonds is 4. The summed E-state index contributed by atoms with van der Waals surface area (Å²) in [5.74, 6) is -1.53. The minimum Gasteiger partial charge on any atom is -0.481 e. The molecule has 1 aliphatic heterocycles. The van der Waals surface area contributed by atoms with Crippen molar-refractivity contribution in [2.75, 3.05) is 13.1 Å². The number of aromatic nitrogens is 3. The van der Waals surface area contributed by atoms with E-state index in [1.807, 2.05) is 49.7 Å². The predicted molar refractivity (Wildman–Crippen MR) is 110 cm³/mol. The van der Waals surface area contributed by atoms with Crippen molar-refractivity contribution in [3.63, 3.8) is 0 Å². The number of nitrogens with zero attached hydrogens (tertiary/aromatic N) is 4. The molecule has 7 heteroatoms. The zero-order valence-corrected chi connectivity index (χ0v) is 16.8. The van der Waals surface area contributed by atoms with E-state index < -0.39 is 11.9 Å². The first kappa shape index (κ1) is 19.1. The molecule has 1 saturated heterocycles. The van der Waals surface area contributed by atoms with Crippen LogP contribution in [0.15, 0.2) is 36.5 Å². The number of likely N-dealkylation sites (tertiary alicyclic amines) is 1. The lowest BCUT2D eigenvalue weighted by Gasteiger charge is -2.17. The summed E-state index contributed by atoms with van der Waals surface area (Å²) >= 11 is 0. The van der Waals surface area contributed by atoms with Crippen molar-refractivity contribution in [1.29, 1.82) is 0 Å². The van der Waals surface area contributed by atoms with Gasteiger partial charge in [0.25, 0.3) is 5.91 Å². The standard InChI is InChI=1S/C22H24N4O3/c1-13(2)26-20-18(11-23-26)17(21(27)25-9-8-16(12-25)22(28)29)10-19(24-20)15-6-4-14(3)5-7-15/h4-7,10-11,13,16H,8-9,12H2,1-3H3,(H,28,29). The van der Waals surface area contributed by atoms with E-state index in [0.29, 0.717) is 35.3 Å². The zero-order chi connectivity index (χ0) is 20.7. The van der Waals surface area contributed by atoms with Crippen molar-refractivity contribution in [3.05, 3.63) is 47.7 Å². The number of pyridine rings is 1. The molecule has 0 radical (unpaired) electrons. The van der Waals surface area contributed by atoms with Crippen LogP contribution in [0.5, 0.6) is 0 Å². The van der Waals surface area contributed by atoms with Crippen LogP contribution < -0.4 is 0 Å². The number of carboxylic acids is 1. The summed E-state index contributed by atoms with van der Waals surface area (Å²) in [4.78, 5) is 31.0. The van der Waals surface area contributed by atoms with Crippen LogP contribution in [0.25, 0.3) is 22.3 Å². The maximum atomic E-state index is 13.3. The van der Waals surface area contributed by atoms with Gasteiger partial charge in [-0.25, -0.2) is 9.67 Å². The van der Waals surface area contributed by atoms with Gasteiger partial charge in [-0.1, -0.05) is 29.8 Å². The summed E-state index contributed by atoms with van der Waals surface area (Å²) < 4.78 is 1.81. The lowest BCUT2D eigenvalue weighted by Crippen LogP contribution is -2.30. The van der Waals surface area contributed by atoms with Gasteiger partial charge in [-0.2, -0.15) is 5.10 Å². The number of carbonyl (C=O) groups excluding carboxylic acids is 1. The Labute approximate surface area is 169 Å². The van der Waals surface area contributed by atoms with Crippen molar-refractivity contribution in [2.24, 2.45) is 5.92 Å². The second kappa shape index (κ2) is 7.31. The topological polar surface area (TPSA) is 88.3 Å². The van der Waals surface area contributed by atoms with Gasteiger partial charge in [0.05, 0.1) is 28.8 Å². The number of hydrogen-bond donors (Lipinski definition) is 1. The lowest BCUT2D eigenvalue weighted by molar-refractivity contribution is -0.141. The fraction of sp³-hybridized carbons (Fsp3) is 0.364. The largest absolute Gasteiger partial charge is 0.481 e. The molecule has 1 aliphatic rings. The third kappa shape index (κ3) is 3.48. The average Bonchev–Trinajstić information content (AvgIpc) is 3.34. The molecule has 1 unspecified atom stereocenters. The highest BCUT2D eigenvalue weighted by molar-refractivity contribution is 6.06. The van der Waals surface area contributed by atoms with E-state index in [9.17, 15) is 14.7 Å². The third-order valence-electron chi connectivity index (χ3n) is 5.46. The van der Waals surface area contributed by atoms with E-state index in [1.54, 1.807) is 17.2 Å². The molecule has 1 amide bonds. The van der Waals surface area contributed by atoms with Gasteiger partial charge in [0.2, 0.25) is 0 Å². The molecule has 2 aromatic heterocycles. The molecule has 1 aromatic carbocycles. The summed E-state index contributed by atoms with van der Waals surface area (Å²) in [7, 11) is 0. The van der Waals surface area contributed by atoms with Gasteiger partial charge < -0.3 is 10.0 Å². The van der Waals surface area contributed by atoms with Crippen molar-refractivity contribution < 1.29 is 14.7 Å². The van der Waals surface area contributed by atoms with E-state index in [-0.39, 0.29) is 18.5 Å².